The van der Waals surface area contributed by atoms with Crippen LogP contribution in [0.4, 0.5) is 0 Å². The summed E-state index contributed by atoms with van der Waals surface area (Å²) in [5.41, 5.74) is 0. The third kappa shape index (κ3) is 1.97. The highest BCUT2D eigenvalue weighted by molar-refractivity contribution is 7.89. The van der Waals surface area contributed by atoms with Gasteiger partial charge in [0.15, 0.2) is 0 Å². The minimum absolute atomic E-state index is 0.153. The molecule has 1 fully saturated rings. The summed E-state index contributed by atoms with van der Waals surface area (Å²) in [5, 5.41) is 0. The van der Waals surface area contributed by atoms with E-state index in [1.165, 1.54) is 4.31 Å². The van der Waals surface area contributed by atoms with Crippen LogP contribution in [0.15, 0.2) is 0 Å². The van der Waals surface area contributed by atoms with Crippen molar-refractivity contribution in [1.82, 2.24) is 4.31 Å². The predicted molar refractivity (Wildman–Crippen MR) is 46.2 cm³/mol. The van der Waals surface area contributed by atoms with Gasteiger partial charge in [-0.15, -0.1) is 0 Å². The summed E-state index contributed by atoms with van der Waals surface area (Å²) in [6.07, 6.45) is 0.507. The maximum Gasteiger partial charge on any atom is 0.215 e. The summed E-state index contributed by atoms with van der Waals surface area (Å²) in [6, 6.07) is 0. The SMILES string of the molecule is CCS(=O)(=O)N1CCCOC1C. The lowest BCUT2D eigenvalue weighted by molar-refractivity contribution is -0.0409. The van der Waals surface area contributed by atoms with Gasteiger partial charge in [0.05, 0.1) is 5.75 Å². The van der Waals surface area contributed by atoms with Crippen molar-refractivity contribution in [2.45, 2.75) is 26.5 Å². The molecule has 0 aromatic rings. The van der Waals surface area contributed by atoms with E-state index < -0.39 is 10.0 Å². The van der Waals surface area contributed by atoms with Crippen LogP contribution in [0, 0.1) is 0 Å². The van der Waals surface area contributed by atoms with Gasteiger partial charge < -0.3 is 4.74 Å². The maximum absolute atomic E-state index is 11.4. The third-order valence-electron chi connectivity index (χ3n) is 2.01. The number of hydrogen-bond donors (Lipinski definition) is 0. The quantitative estimate of drug-likeness (QED) is 0.638. The van der Waals surface area contributed by atoms with E-state index in [4.69, 9.17) is 4.74 Å². The Morgan fingerprint density at radius 3 is 2.75 bits per heavy atom. The Kier molecular flexibility index (Phi) is 3.09. The van der Waals surface area contributed by atoms with Crippen molar-refractivity contribution in [3.63, 3.8) is 0 Å². The lowest BCUT2D eigenvalue weighted by atomic mass is 10.4. The first kappa shape index (κ1) is 9.95. The fraction of sp³-hybridized carbons (Fsp3) is 1.00. The third-order valence-corrected chi connectivity index (χ3v) is 3.93. The first-order valence-electron chi connectivity index (χ1n) is 4.19. The summed E-state index contributed by atoms with van der Waals surface area (Å²) in [7, 11) is -3.06. The number of hydrogen-bond acceptors (Lipinski definition) is 3. The average Bonchev–Trinajstić information content (AvgIpc) is 2.05. The second kappa shape index (κ2) is 3.72. The number of sulfonamides is 1. The van der Waals surface area contributed by atoms with Crippen LogP contribution in [0.3, 0.4) is 0 Å². The van der Waals surface area contributed by atoms with E-state index in [9.17, 15) is 8.42 Å². The van der Waals surface area contributed by atoms with Gasteiger partial charge in [-0.2, -0.15) is 4.31 Å². The van der Waals surface area contributed by atoms with Crippen molar-refractivity contribution in [2.75, 3.05) is 18.9 Å². The fourth-order valence-corrected chi connectivity index (χ4v) is 2.52. The first-order chi connectivity index (χ1) is 5.58. The van der Waals surface area contributed by atoms with Crippen LogP contribution >= 0.6 is 0 Å². The molecular weight excluding hydrogens is 178 g/mol. The van der Waals surface area contributed by atoms with Gasteiger partial charge in [0, 0.05) is 13.2 Å². The zero-order valence-electron chi connectivity index (χ0n) is 7.49. The van der Waals surface area contributed by atoms with Crippen molar-refractivity contribution in [3.05, 3.63) is 0 Å². The first-order valence-corrected chi connectivity index (χ1v) is 5.80. The maximum atomic E-state index is 11.4. The van der Waals surface area contributed by atoms with E-state index in [0.29, 0.717) is 13.2 Å². The number of ether oxygens (including phenoxy) is 1. The molecule has 1 heterocycles. The Morgan fingerprint density at radius 1 is 1.58 bits per heavy atom. The second-order valence-electron chi connectivity index (χ2n) is 2.83. The Labute approximate surface area is 73.6 Å². The predicted octanol–water partition coefficient (Wildman–Crippen LogP) is 0.404. The van der Waals surface area contributed by atoms with Gasteiger partial charge >= 0.3 is 0 Å². The molecule has 0 radical (unpaired) electrons. The molecule has 0 bridgehead atoms. The molecule has 72 valence electrons. The molecular formula is C7H15NO3S. The Morgan fingerprint density at radius 2 is 2.25 bits per heavy atom. The van der Waals surface area contributed by atoms with Crippen molar-refractivity contribution >= 4 is 10.0 Å². The molecule has 1 unspecified atom stereocenters. The average molecular weight is 193 g/mol. The van der Waals surface area contributed by atoms with Crippen LogP contribution < -0.4 is 0 Å². The van der Waals surface area contributed by atoms with E-state index >= 15 is 0 Å². The smallest absolute Gasteiger partial charge is 0.215 e. The lowest BCUT2D eigenvalue weighted by Gasteiger charge is -2.31. The molecule has 0 aliphatic carbocycles. The highest BCUT2D eigenvalue weighted by atomic mass is 32.2. The molecule has 0 aromatic carbocycles. The van der Waals surface area contributed by atoms with Crippen molar-refractivity contribution in [2.24, 2.45) is 0 Å². The van der Waals surface area contributed by atoms with E-state index in [2.05, 4.69) is 0 Å². The highest BCUT2D eigenvalue weighted by Crippen LogP contribution is 2.14. The summed E-state index contributed by atoms with van der Waals surface area (Å²) in [5.74, 6) is 0.153. The standard InChI is InChI=1S/C7H15NO3S/c1-3-12(9,10)8-5-4-6-11-7(8)2/h7H,3-6H2,1-2H3. The van der Waals surface area contributed by atoms with E-state index in [0.717, 1.165) is 6.42 Å². The number of nitrogens with zero attached hydrogens (tertiary/aromatic N) is 1. The van der Waals surface area contributed by atoms with Gasteiger partial charge in [0.2, 0.25) is 10.0 Å². The molecule has 4 nitrogen and oxygen atoms in total. The molecule has 1 aliphatic heterocycles. The molecule has 0 amide bonds. The summed E-state index contributed by atoms with van der Waals surface area (Å²) in [4.78, 5) is 0. The monoisotopic (exact) mass is 193 g/mol. The molecule has 1 rings (SSSR count). The Bertz CT molecular complexity index is 237. The number of rotatable bonds is 2. The normalized spacial score (nSPS) is 27.3. The highest BCUT2D eigenvalue weighted by Gasteiger charge is 2.28. The summed E-state index contributed by atoms with van der Waals surface area (Å²) < 4.78 is 29.5. The van der Waals surface area contributed by atoms with Crippen LogP contribution in [-0.4, -0.2) is 37.9 Å². The van der Waals surface area contributed by atoms with Gasteiger partial charge in [-0.3, -0.25) is 0 Å². The molecule has 0 saturated carbocycles. The zero-order chi connectivity index (χ0) is 9.19. The summed E-state index contributed by atoms with van der Waals surface area (Å²) >= 11 is 0. The van der Waals surface area contributed by atoms with E-state index in [-0.39, 0.29) is 12.0 Å². The van der Waals surface area contributed by atoms with Crippen molar-refractivity contribution in [3.8, 4) is 0 Å². The largest absolute Gasteiger partial charge is 0.362 e. The fourth-order valence-electron chi connectivity index (χ4n) is 1.27. The van der Waals surface area contributed by atoms with Crippen LogP contribution in [-0.2, 0) is 14.8 Å². The Hall–Kier alpha value is -0.130. The van der Waals surface area contributed by atoms with E-state index in [1.54, 1.807) is 13.8 Å². The lowest BCUT2D eigenvalue weighted by Crippen LogP contribution is -2.45. The molecule has 1 aliphatic rings. The van der Waals surface area contributed by atoms with Crippen LogP contribution in [0.1, 0.15) is 20.3 Å². The van der Waals surface area contributed by atoms with Gasteiger partial charge in [-0.25, -0.2) is 8.42 Å². The minimum Gasteiger partial charge on any atom is -0.362 e. The zero-order valence-corrected chi connectivity index (χ0v) is 8.30. The van der Waals surface area contributed by atoms with Crippen LogP contribution in [0.25, 0.3) is 0 Å². The van der Waals surface area contributed by atoms with Crippen molar-refractivity contribution < 1.29 is 13.2 Å². The van der Waals surface area contributed by atoms with E-state index in [1.807, 2.05) is 0 Å². The molecule has 0 spiro atoms. The molecule has 1 saturated heterocycles. The van der Waals surface area contributed by atoms with Crippen LogP contribution in [0.5, 0.6) is 0 Å². The molecule has 5 heteroatoms. The second-order valence-corrected chi connectivity index (χ2v) is 5.05. The minimum atomic E-state index is -3.06. The van der Waals surface area contributed by atoms with Crippen LogP contribution in [0.2, 0.25) is 0 Å². The molecule has 0 aromatic heterocycles. The van der Waals surface area contributed by atoms with Gasteiger partial charge in [-0.05, 0) is 20.3 Å². The Balaban J connectivity index is 2.72. The summed E-state index contributed by atoms with van der Waals surface area (Å²) in [6.45, 7) is 4.68. The van der Waals surface area contributed by atoms with Gasteiger partial charge in [0.1, 0.15) is 6.23 Å². The van der Waals surface area contributed by atoms with Gasteiger partial charge in [0.25, 0.3) is 0 Å². The molecule has 12 heavy (non-hydrogen) atoms. The van der Waals surface area contributed by atoms with Gasteiger partial charge in [-0.1, -0.05) is 0 Å². The topological polar surface area (TPSA) is 46.6 Å². The molecule has 0 N–H and O–H groups in total. The van der Waals surface area contributed by atoms with Crippen molar-refractivity contribution in [1.29, 1.82) is 0 Å². The molecule has 1 atom stereocenters.